The molecule has 0 bridgehead atoms. The number of amides is 1. The molecule has 0 fully saturated rings. The third kappa shape index (κ3) is 2.87. The van der Waals surface area contributed by atoms with Crippen molar-refractivity contribution in [1.82, 2.24) is 15.1 Å². The lowest BCUT2D eigenvalue weighted by atomic mass is 9.97. The lowest BCUT2D eigenvalue weighted by molar-refractivity contribution is 0.0599. The topological polar surface area (TPSA) is 97.7 Å². The minimum absolute atomic E-state index is 0.178. The number of H-pyrrole nitrogens is 1. The van der Waals surface area contributed by atoms with Crippen LogP contribution in [0.5, 0.6) is 0 Å². The number of methoxy groups -OCH3 is 2. The second-order valence-corrected chi connectivity index (χ2v) is 6.35. The minimum atomic E-state index is -0.412. The van der Waals surface area contributed by atoms with E-state index < -0.39 is 5.97 Å². The first-order valence-electron chi connectivity index (χ1n) is 8.76. The maximum Gasteiger partial charge on any atom is 0.337 e. The van der Waals surface area contributed by atoms with Crippen LogP contribution in [0.3, 0.4) is 0 Å². The number of furan rings is 1. The molecule has 1 amide bonds. The molecule has 144 valence electrons. The first kappa shape index (κ1) is 18.0. The Kier molecular flexibility index (Phi) is 4.70. The highest BCUT2D eigenvalue weighted by Crippen LogP contribution is 2.42. The van der Waals surface area contributed by atoms with Crippen LogP contribution in [0, 0.1) is 0 Å². The zero-order valence-corrected chi connectivity index (χ0v) is 15.5. The number of rotatable bonds is 6. The highest BCUT2D eigenvalue weighted by Gasteiger charge is 2.42. The summed E-state index contributed by atoms with van der Waals surface area (Å²) in [5.74, 6) is 0.0139. The van der Waals surface area contributed by atoms with E-state index in [1.54, 1.807) is 36.5 Å². The van der Waals surface area contributed by atoms with Gasteiger partial charge in [0.25, 0.3) is 5.91 Å². The van der Waals surface area contributed by atoms with Crippen molar-refractivity contribution < 1.29 is 23.5 Å². The van der Waals surface area contributed by atoms with E-state index in [0.29, 0.717) is 35.9 Å². The normalized spacial score (nSPS) is 15.7. The van der Waals surface area contributed by atoms with E-state index in [1.807, 2.05) is 18.2 Å². The number of aromatic nitrogens is 2. The highest BCUT2D eigenvalue weighted by atomic mass is 16.5. The summed E-state index contributed by atoms with van der Waals surface area (Å²) in [4.78, 5) is 26.4. The molecule has 28 heavy (non-hydrogen) atoms. The first-order valence-corrected chi connectivity index (χ1v) is 8.76. The van der Waals surface area contributed by atoms with Crippen LogP contribution in [0.1, 0.15) is 38.0 Å². The Bertz CT molecular complexity index is 992. The van der Waals surface area contributed by atoms with Crippen molar-refractivity contribution in [2.75, 3.05) is 27.4 Å². The summed E-state index contributed by atoms with van der Waals surface area (Å²) in [6.07, 6.45) is 1.57. The third-order valence-corrected chi connectivity index (χ3v) is 4.80. The standard InChI is InChI=1S/C20H19N3O5/c1-26-11-9-23-18(12-5-7-13(8-6-12)20(25)27-2)15-16(14-4-3-10-28-14)21-22-17(15)19(23)24/h3-8,10,18H,9,11H2,1-2H3,(H,21,22). The van der Waals surface area contributed by atoms with Crippen LogP contribution in [-0.2, 0) is 9.47 Å². The number of esters is 1. The molecule has 0 saturated heterocycles. The molecule has 4 rings (SSSR count). The number of fused-ring (bicyclic) bond motifs is 1. The number of ether oxygens (including phenoxy) is 2. The van der Waals surface area contributed by atoms with Crippen molar-refractivity contribution in [3.05, 3.63) is 65.0 Å². The Morgan fingerprint density at radius 3 is 2.68 bits per heavy atom. The van der Waals surface area contributed by atoms with Gasteiger partial charge in [-0.05, 0) is 29.8 Å². The van der Waals surface area contributed by atoms with Gasteiger partial charge in [-0.25, -0.2) is 4.79 Å². The number of hydrogen-bond donors (Lipinski definition) is 1. The van der Waals surface area contributed by atoms with Gasteiger partial charge in [0.2, 0.25) is 0 Å². The Morgan fingerprint density at radius 2 is 2.04 bits per heavy atom. The van der Waals surface area contributed by atoms with Gasteiger partial charge in [-0.3, -0.25) is 9.89 Å². The molecule has 1 aromatic carbocycles. The summed E-state index contributed by atoms with van der Waals surface area (Å²) >= 11 is 0. The van der Waals surface area contributed by atoms with E-state index >= 15 is 0 Å². The molecule has 3 aromatic rings. The maximum atomic E-state index is 13.0. The number of hydrogen-bond acceptors (Lipinski definition) is 6. The van der Waals surface area contributed by atoms with E-state index in [0.717, 1.165) is 11.1 Å². The van der Waals surface area contributed by atoms with Crippen molar-refractivity contribution >= 4 is 11.9 Å². The fourth-order valence-electron chi connectivity index (χ4n) is 3.48. The average molecular weight is 381 g/mol. The average Bonchev–Trinajstić information content (AvgIpc) is 3.44. The number of carbonyl (C=O) groups excluding carboxylic acids is 2. The van der Waals surface area contributed by atoms with Gasteiger partial charge in [0.15, 0.2) is 11.5 Å². The zero-order valence-electron chi connectivity index (χ0n) is 15.5. The summed E-state index contributed by atoms with van der Waals surface area (Å²) in [5.41, 5.74) is 3.07. The number of aromatic amines is 1. The lowest BCUT2D eigenvalue weighted by Crippen LogP contribution is -2.32. The van der Waals surface area contributed by atoms with Crippen LogP contribution in [0.15, 0.2) is 47.1 Å². The number of carbonyl (C=O) groups is 2. The van der Waals surface area contributed by atoms with Gasteiger partial charge < -0.3 is 18.8 Å². The van der Waals surface area contributed by atoms with Gasteiger partial charge in [-0.2, -0.15) is 5.10 Å². The molecule has 1 unspecified atom stereocenters. The Labute approximate surface area is 161 Å². The van der Waals surface area contributed by atoms with Crippen molar-refractivity contribution in [3.63, 3.8) is 0 Å². The molecule has 1 atom stereocenters. The van der Waals surface area contributed by atoms with Crippen molar-refractivity contribution in [2.45, 2.75) is 6.04 Å². The summed E-state index contributed by atoms with van der Waals surface area (Å²) in [6.45, 7) is 0.805. The first-order chi connectivity index (χ1) is 13.7. The van der Waals surface area contributed by atoms with Crippen molar-refractivity contribution in [1.29, 1.82) is 0 Å². The Hall–Kier alpha value is -3.39. The molecule has 0 saturated carbocycles. The molecule has 1 aliphatic heterocycles. The van der Waals surface area contributed by atoms with Gasteiger partial charge in [0.05, 0.1) is 31.6 Å². The summed E-state index contributed by atoms with van der Waals surface area (Å²) in [5, 5.41) is 7.16. The molecule has 0 aliphatic carbocycles. The van der Waals surface area contributed by atoms with Gasteiger partial charge in [-0.15, -0.1) is 0 Å². The summed E-state index contributed by atoms with van der Waals surface area (Å²) < 4.78 is 15.5. The fourth-order valence-corrected chi connectivity index (χ4v) is 3.48. The minimum Gasteiger partial charge on any atom is -0.465 e. The van der Waals surface area contributed by atoms with Gasteiger partial charge in [-0.1, -0.05) is 12.1 Å². The quantitative estimate of drug-likeness (QED) is 0.659. The zero-order chi connectivity index (χ0) is 19.7. The smallest absolute Gasteiger partial charge is 0.337 e. The molecule has 2 aromatic heterocycles. The van der Waals surface area contributed by atoms with Gasteiger partial charge >= 0.3 is 5.97 Å². The predicted molar refractivity (Wildman–Crippen MR) is 98.8 cm³/mol. The van der Waals surface area contributed by atoms with E-state index in [4.69, 9.17) is 13.9 Å². The number of nitrogens with one attached hydrogen (secondary N) is 1. The van der Waals surface area contributed by atoms with Crippen LogP contribution in [-0.4, -0.2) is 54.3 Å². The lowest BCUT2D eigenvalue weighted by Gasteiger charge is -2.26. The monoisotopic (exact) mass is 381 g/mol. The molecule has 3 heterocycles. The van der Waals surface area contributed by atoms with E-state index in [2.05, 4.69) is 10.2 Å². The number of nitrogens with zero attached hydrogens (tertiary/aromatic N) is 2. The maximum absolute atomic E-state index is 13.0. The Balaban J connectivity index is 1.80. The largest absolute Gasteiger partial charge is 0.465 e. The van der Waals surface area contributed by atoms with Crippen LogP contribution >= 0.6 is 0 Å². The molecular weight excluding hydrogens is 362 g/mol. The van der Waals surface area contributed by atoms with Crippen molar-refractivity contribution in [3.8, 4) is 11.5 Å². The van der Waals surface area contributed by atoms with Crippen LogP contribution in [0.25, 0.3) is 11.5 Å². The second kappa shape index (κ2) is 7.32. The molecule has 1 N–H and O–H groups in total. The summed E-state index contributed by atoms with van der Waals surface area (Å²) in [7, 11) is 2.93. The van der Waals surface area contributed by atoms with Gasteiger partial charge in [0.1, 0.15) is 5.69 Å². The molecule has 0 radical (unpaired) electrons. The van der Waals surface area contributed by atoms with Crippen LogP contribution in [0.4, 0.5) is 0 Å². The number of benzene rings is 1. The molecule has 1 aliphatic rings. The summed E-state index contributed by atoms with van der Waals surface area (Å²) in [6, 6.07) is 10.2. The van der Waals surface area contributed by atoms with E-state index in [9.17, 15) is 9.59 Å². The molecular formula is C20H19N3O5. The fraction of sp³-hybridized carbons (Fsp3) is 0.250. The van der Waals surface area contributed by atoms with Crippen LogP contribution in [0.2, 0.25) is 0 Å². The van der Waals surface area contributed by atoms with Crippen LogP contribution < -0.4 is 0 Å². The Morgan fingerprint density at radius 1 is 1.25 bits per heavy atom. The third-order valence-electron chi connectivity index (χ3n) is 4.80. The predicted octanol–water partition coefficient (Wildman–Crippen LogP) is 2.65. The molecule has 0 spiro atoms. The van der Waals surface area contributed by atoms with Gasteiger partial charge in [0, 0.05) is 19.2 Å². The SMILES string of the molecule is COCCN1C(=O)c2n[nH]c(-c3ccco3)c2C1c1ccc(C(=O)OC)cc1. The highest BCUT2D eigenvalue weighted by molar-refractivity contribution is 6.00. The van der Waals surface area contributed by atoms with E-state index in [1.165, 1.54) is 7.11 Å². The second-order valence-electron chi connectivity index (χ2n) is 6.35. The molecule has 8 nitrogen and oxygen atoms in total. The molecule has 8 heteroatoms. The van der Waals surface area contributed by atoms with Crippen molar-refractivity contribution in [2.24, 2.45) is 0 Å². The van der Waals surface area contributed by atoms with E-state index in [-0.39, 0.29) is 11.9 Å².